The van der Waals surface area contributed by atoms with Gasteiger partial charge in [-0.2, -0.15) is 0 Å². The fraction of sp³-hybridized carbons (Fsp3) is 0.304. The number of carbonyl (C=O) groups is 1. The number of fused-ring (bicyclic) bond motifs is 2. The first-order valence-electron chi connectivity index (χ1n) is 10.1. The Morgan fingerprint density at radius 2 is 1.90 bits per heavy atom. The summed E-state index contributed by atoms with van der Waals surface area (Å²) in [6.07, 6.45) is 1.47. The molecule has 0 radical (unpaired) electrons. The Kier molecular flexibility index (Phi) is 5.13. The van der Waals surface area contributed by atoms with Gasteiger partial charge in [0.2, 0.25) is 0 Å². The van der Waals surface area contributed by atoms with Crippen LogP contribution in [0.1, 0.15) is 15.4 Å². The second kappa shape index (κ2) is 7.96. The zero-order chi connectivity index (χ0) is 21.5. The summed E-state index contributed by atoms with van der Waals surface area (Å²) in [6, 6.07) is 11.7. The van der Waals surface area contributed by atoms with E-state index in [4.69, 9.17) is 14.2 Å². The summed E-state index contributed by atoms with van der Waals surface area (Å²) < 4.78 is 18.0. The quantitative estimate of drug-likeness (QED) is 0.502. The van der Waals surface area contributed by atoms with Crippen molar-refractivity contribution in [3.05, 3.63) is 53.2 Å². The van der Waals surface area contributed by atoms with Gasteiger partial charge in [0.05, 0.1) is 15.1 Å². The van der Waals surface area contributed by atoms with Gasteiger partial charge in [0.15, 0.2) is 0 Å². The number of carbonyl (C=O) groups excluding carboxylic acids is 1. The summed E-state index contributed by atoms with van der Waals surface area (Å²) >= 11 is 1.40. The average Bonchev–Trinajstić information content (AvgIpc) is 3.48. The maximum Gasteiger partial charge on any atom is 0.264 e. The van der Waals surface area contributed by atoms with Crippen LogP contribution in [0.4, 0.5) is 0 Å². The molecule has 4 heterocycles. The summed E-state index contributed by atoms with van der Waals surface area (Å²) in [5.41, 5.74) is 2.92. The molecule has 2 atom stereocenters. The molecule has 1 amide bonds. The highest BCUT2D eigenvalue weighted by Gasteiger charge is 2.36. The predicted octanol–water partition coefficient (Wildman–Crippen LogP) is 4.36. The topological polar surface area (TPSA) is 76.7 Å². The normalized spacial score (nSPS) is 18.9. The zero-order valence-corrected chi connectivity index (χ0v) is 18.4. The number of hydrogen-bond donors (Lipinski definition) is 1. The molecule has 160 valence electrons. The van der Waals surface area contributed by atoms with Crippen molar-refractivity contribution < 1.29 is 19.0 Å². The third-order valence-electron chi connectivity index (χ3n) is 5.65. The number of likely N-dealkylation sites (tertiary alicyclic amines) is 1. The summed E-state index contributed by atoms with van der Waals surface area (Å²) in [4.78, 5) is 23.3. The van der Waals surface area contributed by atoms with Crippen LogP contribution >= 0.6 is 11.3 Å². The summed E-state index contributed by atoms with van der Waals surface area (Å²) in [5, 5.41) is 1.09. The highest BCUT2D eigenvalue weighted by Crippen LogP contribution is 2.36. The summed E-state index contributed by atoms with van der Waals surface area (Å²) in [6.45, 7) is 3.05. The molecule has 31 heavy (non-hydrogen) atoms. The van der Waals surface area contributed by atoms with Crippen molar-refractivity contribution in [2.24, 2.45) is 0 Å². The number of benzene rings is 1. The Bertz CT molecular complexity index is 1250. The van der Waals surface area contributed by atoms with Gasteiger partial charge in [-0.1, -0.05) is 0 Å². The minimum atomic E-state index is -0.118. The molecule has 3 aromatic heterocycles. The molecule has 0 spiro atoms. The Hall–Kier alpha value is -2.94. The highest BCUT2D eigenvalue weighted by atomic mass is 32.1. The predicted molar refractivity (Wildman–Crippen MR) is 120 cm³/mol. The van der Waals surface area contributed by atoms with E-state index >= 15 is 0 Å². The van der Waals surface area contributed by atoms with E-state index in [1.807, 2.05) is 37.3 Å². The van der Waals surface area contributed by atoms with Gasteiger partial charge in [-0.05, 0) is 37.3 Å². The van der Waals surface area contributed by atoms with Crippen LogP contribution in [0.3, 0.4) is 0 Å². The van der Waals surface area contributed by atoms with E-state index in [0.717, 1.165) is 32.6 Å². The second-order valence-corrected chi connectivity index (χ2v) is 8.75. The zero-order valence-electron chi connectivity index (χ0n) is 17.5. The lowest BCUT2D eigenvalue weighted by molar-refractivity contribution is -0.00461. The molecule has 0 aliphatic carbocycles. The second-order valence-electron chi connectivity index (χ2n) is 7.70. The molecule has 0 bridgehead atoms. The molecule has 5 rings (SSSR count). The van der Waals surface area contributed by atoms with Crippen LogP contribution in [0.15, 0.2) is 42.6 Å². The Morgan fingerprint density at radius 1 is 1.13 bits per heavy atom. The van der Waals surface area contributed by atoms with Crippen LogP contribution in [0, 0.1) is 6.92 Å². The first-order valence-corrected chi connectivity index (χ1v) is 10.9. The van der Waals surface area contributed by atoms with Gasteiger partial charge in [0.1, 0.15) is 23.7 Å². The first kappa shape index (κ1) is 20.0. The lowest BCUT2D eigenvalue weighted by atomic mass is 10.2. The SMILES string of the molecule is COC1CN(C(=O)c2cc3nccc(Oc4ccc5[nH]c(C)cc5c4)c3s2)CC1OC. The number of amides is 1. The largest absolute Gasteiger partial charge is 0.456 e. The molecule has 7 nitrogen and oxygen atoms in total. The maximum absolute atomic E-state index is 13.1. The van der Waals surface area contributed by atoms with Crippen molar-refractivity contribution in [2.45, 2.75) is 19.1 Å². The van der Waals surface area contributed by atoms with E-state index < -0.39 is 0 Å². The summed E-state index contributed by atoms with van der Waals surface area (Å²) in [7, 11) is 3.29. The van der Waals surface area contributed by atoms with Crippen LogP contribution in [-0.2, 0) is 9.47 Å². The Morgan fingerprint density at radius 3 is 2.65 bits per heavy atom. The number of ether oxygens (including phenoxy) is 3. The van der Waals surface area contributed by atoms with Gasteiger partial charge in [0.25, 0.3) is 5.91 Å². The molecule has 1 aliphatic rings. The number of aromatic nitrogens is 2. The van der Waals surface area contributed by atoms with Gasteiger partial charge in [0, 0.05) is 56.2 Å². The van der Waals surface area contributed by atoms with Gasteiger partial charge < -0.3 is 24.1 Å². The molecule has 4 aromatic rings. The maximum atomic E-state index is 13.1. The molecule has 1 saturated heterocycles. The van der Waals surface area contributed by atoms with Gasteiger partial charge >= 0.3 is 0 Å². The van der Waals surface area contributed by atoms with E-state index in [-0.39, 0.29) is 18.1 Å². The van der Waals surface area contributed by atoms with Crippen molar-refractivity contribution in [3.63, 3.8) is 0 Å². The molecule has 1 aromatic carbocycles. The number of aryl methyl sites for hydroxylation is 1. The molecule has 8 heteroatoms. The van der Waals surface area contributed by atoms with Crippen LogP contribution < -0.4 is 4.74 Å². The molecule has 2 unspecified atom stereocenters. The van der Waals surface area contributed by atoms with E-state index in [9.17, 15) is 4.79 Å². The number of pyridine rings is 1. The third-order valence-corrected chi connectivity index (χ3v) is 6.78. The van der Waals surface area contributed by atoms with Crippen molar-refractivity contribution in [1.82, 2.24) is 14.9 Å². The van der Waals surface area contributed by atoms with Gasteiger partial charge in [-0.15, -0.1) is 11.3 Å². The van der Waals surface area contributed by atoms with Crippen LogP contribution in [0.5, 0.6) is 11.5 Å². The molecular weight excluding hydrogens is 414 g/mol. The number of H-pyrrole nitrogens is 1. The molecule has 1 aliphatic heterocycles. The van der Waals surface area contributed by atoms with Crippen molar-refractivity contribution in [1.29, 1.82) is 0 Å². The number of nitrogens with zero attached hydrogens (tertiary/aromatic N) is 2. The minimum absolute atomic E-state index is 0.0419. The van der Waals surface area contributed by atoms with Crippen molar-refractivity contribution in [2.75, 3.05) is 27.3 Å². The van der Waals surface area contributed by atoms with E-state index in [1.165, 1.54) is 11.3 Å². The Labute approximate surface area is 183 Å². The fourth-order valence-corrected chi connectivity index (χ4v) is 5.10. The lowest BCUT2D eigenvalue weighted by Crippen LogP contribution is -2.29. The van der Waals surface area contributed by atoms with Crippen molar-refractivity contribution >= 4 is 38.4 Å². The molecule has 1 fully saturated rings. The lowest BCUT2D eigenvalue weighted by Gasteiger charge is -2.14. The van der Waals surface area contributed by atoms with Gasteiger partial charge in [-0.25, -0.2) is 0 Å². The van der Waals surface area contributed by atoms with Crippen LogP contribution in [0.2, 0.25) is 0 Å². The number of rotatable bonds is 5. The number of nitrogens with one attached hydrogen (secondary N) is 1. The smallest absolute Gasteiger partial charge is 0.264 e. The number of hydrogen-bond acceptors (Lipinski definition) is 6. The number of methoxy groups -OCH3 is 2. The third kappa shape index (κ3) is 3.67. The highest BCUT2D eigenvalue weighted by molar-refractivity contribution is 7.21. The van der Waals surface area contributed by atoms with Gasteiger partial charge in [-0.3, -0.25) is 9.78 Å². The Balaban J connectivity index is 1.42. The summed E-state index contributed by atoms with van der Waals surface area (Å²) in [5.74, 6) is 1.39. The van der Waals surface area contributed by atoms with E-state index in [1.54, 1.807) is 25.3 Å². The number of thiophene rings is 1. The molecule has 1 N–H and O–H groups in total. The molecule has 0 saturated carbocycles. The van der Waals surface area contributed by atoms with Crippen LogP contribution in [-0.4, -0.2) is 60.3 Å². The van der Waals surface area contributed by atoms with E-state index in [2.05, 4.69) is 16.0 Å². The van der Waals surface area contributed by atoms with Crippen molar-refractivity contribution in [3.8, 4) is 11.5 Å². The minimum Gasteiger partial charge on any atom is -0.456 e. The average molecular weight is 438 g/mol. The monoisotopic (exact) mass is 437 g/mol. The number of aromatic amines is 1. The molecular formula is C23H23N3O4S. The first-order chi connectivity index (χ1) is 15.1. The van der Waals surface area contributed by atoms with E-state index in [0.29, 0.717) is 23.7 Å². The fourth-order valence-electron chi connectivity index (χ4n) is 4.07. The standard InChI is InChI=1S/C23H23N3O4S/c1-13-8-14-9-15(4-5-16(14)25-13)30-18-6-7-24-17-10-21(31-22(17)18)23(27)26-11-19(28-2)20(12-26)29-3/h4-10,19-20,25H,11-12H2,1-3H3. The van der Waals surface area contributed by atoms with Crippen LogP contribution in [0.25, 0.3) is 21.1 Å².